The molecule has 0 saturated carbocycles. The fourth-order valence-electron chi connectivity index (χ4n) is 1.67. The number of aromatic carboxylic acids is 1. The van der Waals surface area contributed by atoms with Crippen LogP contribution >= 0.6 is 23.4 Å². The Morgan fingerprint density at radius 3 is 2.50 bits per heavy atom. The van der Waals surface area contributed by atoms with E-state index in [1.807, 2.05) is 24.5 Å². The van der Waals surface area contributed by atoms with E-state index in [4.69, 9.17) is 16.7 Å². The quantitative estimate of drug-likeness (QED) is 0.844. The molecule has 2 aromatic rings. The summed E-state index contributed by atoms with van der Waals surface area (Å²) in [5.41, 5.74) is 2.07. The second-order valence-corrected chi connectivity index (χ2v) is 5.02. The lowest BCUT2D eigenvalue weighted by Gasteiger charge is -2.06. The van der Waals surface area contributed by atoms with Crippen LogP contribution in [0.15, 0.2) is 47.4 Å². The fraction of sp³-hybridized carbons (Fsp3) is 0.0714. The highest BCUT2D eigenvalue weighted by molar-refractivity contribution is 7.98. The van der Waals surface area contributed by atoms with E-state index in [9.17, 15) is 4.79 Å². The molecule has 0 bridgehead atoms. The van der Waals surface area contributed by atoms with Crippen molar-refractivity contribution < 1.29 is 9.90 Å². The van der Waals surface area contributed by atoms with Gasteiger partial charge in [-0.15, -0.1) is 11.8 Å². The molecule has 0 fully saturated rings. The van der Waals surface area contributed by atoms with E-state index < -0.39 is 5.97 Å². The van der Waals surface area contributed by atoms with Gasteiger partial charge >= 0.3 is 5.97 Å². The van der Waals surface area contributed by atoms with Crippen molar-refractivity contribution in [1.29, 1.82) is 0 Å². The Kier molecular flexibility index (Phi) is 3.94. The zero-order valence-corrected chi connectivity index (χ0v) is 11.3. The molecule has 0 heterocycles. The summed E-state index contributed by atoms with van der Waals surface area (Å²) in [6, 6.07) is 13.0. The van der Waals surface area contributed by atoms with Gasteiger partial charge in [-0.3, -0.25) is 0 Å². The number of thioether (sulfide) groups is 1. The topological polar surface area (TPSA) is 37.3 Å². The zero-order valence-electron chi connectivity index (χ0n) is 9.68. The second-order valence-electron chi connectivity index (χ2n) is 3.73. The average molecular weight is 279 g/mol. The Balaban J connectivity index is 2.45. The number of hydrogen-bond donors (Lipinski definition) is 1. The summed E-state index contributed by atoms with van der Waals surface area (Å²) in [7, 11) is 0. The monoisotopic (exact) mass is 278 g/mol. The normalized spacial score (nSPS) is 10.3. The molecule has 0 aromatic heterocycles. The molecule has 0 aliphatic rings. The number of carbonyl (C=O) groups is 1. The van der Waals surface area contributed by atoms with Crippen molar-refractivity contribution in [3.8, 4) is 11.1 Å². The van der Waals surface area contributed by atoms with Crippen LogP contribution in [0.2, 0.25) is 5.02 Å². The number of carboxylic acids is 1. The molecule has 0 amide bonds. The molecule has 0 saturated heterocycles. The summed E-state index contributed by atoms with van der Waals surface area (Å²) in [6.07, 6.45) is 2.01. The van der Waals surface area contributed by atoms with E-state index >= 15 is 0 Å². The minimum atomic E-state index is -1.01. The molecule has 2 nitrogen and oxygen atoms in total. The first-order valence-corrected chi connectivity index (χ1v) is 6.89. The largest absolute Gasteiger partial charge is 0.478 e. The molecule has 0 aliphatic heterocycles. The van der Waals surface area contributed by atoms with Gasteiger partial charge in [0.15, 0.2) is 0 Å². The molecule has 0 atom stereocenters. The molecule has 0 aliphatic carbocycles. The third-order valence-electron chi connectivity index (χ3n) is 2.60. The number of hydrogen-bond acceptors (Lipinski definition) is 2. The summed E-state index contributed by atoms with van der Waals surface area (Å²) in [6.45, 7) is 0. The third kappa shape index (κ3) is 2.68. The van der Waals surface area contributed by atoms with Crippen LogP contribution in [0.5, 0.6) is 0 Å². The lowest BCUT2D eigenvalue weighted by Crippen LogP contribution is -1.97. The Hall–Kier alpha value is -1.45. The Bertz CT molecular complexity index is 596. The van der Waals surface area contributed by atoms with Gasteiger partial charge in [0, 0.05) is 4.90 Å². The summed E-state index contributed by atoms with van der Waals surface area (Å²) < 4.78 is 0. The Morgan fingerprint density at radius 2 is 1.89 bits per heavy atom. The molecular formula is C14H11ClO2S. The number of halogens is 1. The first-order chi connectivity index (χ1) is 8.61. The van der Waals surface area contributed by atoms with Crippen LogP contribution in [0, 0.1) is 0 Å². The van der Waals surface area contributed by atoms with Crippen molar-refractivity contribution in [1.82, 2.24) is 0 Å². The highest BCUT2D eigenvalue weighted by atomic mass is 35.5. The fourth-order valence-corrected chi connectivity index (χ4v) is 2.39. The molecule has 1 N–H and O–H groups in total. The van der Waals surface area contributed by atoms with Crippen LogP contribution in [0.25, 0.3) is 11.1 Å². The Labute approximate surface area is 115 Å². The molecule has 92 valence electrons. The van der Waals surface area contributed by atoms with Gasteiger partial charge in [0.05, 0.1) is 10.6 Å². The highest BCUT2D eigenvalue weighted by Gasteiger charge is 2.09. The van der Waals surface area contributed by atoms with Crippen LogP contribution < -0.4 is 0 Å². The van der Waals surface area contributed by atoms with Crippen molar-refractivity contribution in [2.75, 3.05) is 6.26 Å². The predicted molar refractivity (Wildman–Crippen MR) is 75.6 cm³/mol. The van der Waals surface area contributed by atoms with E-state index in [-0.39, 0.29) is 10.6 Å². The molecule has 0 radical (unpaired) electrons. The first-order valence-electron chi connectivity index (χ1n) is 5.29. The SMILES string of the molecule is CSc1cccc(-c2ccc(C(=O)O)c(Cl)c2)c1. The molecule has 0 spiro atoms. The number of rotatable bonds is 3. The van der Waals surface area contributed by atoms with Crippen molar-refractivity contribution in [3.63, 3.8) is 0 Å². The maximum atomic E-state index is 10.9. The second kappa shape index (κ2) is 5.46. The Morgan fingerprint density at radius 1 is 1.17 bits per heavy atom. The lowest BCUT2D eigenvalue weighted by molar-refractivity contribution is 0.0697. The van der Waals surface area contributed by atoms with E-state index in [1.165, 1.54) is 6.07 Å². The number of benzene rings is 2. The van der Waals surface area contributed by atoms with Crippen LogP contribution in [0.3, 0.4) is 0 Å². The van der Waals surface area contributed by atoms with Crippen LogP contribution in [-0.4, -0.2) is 17.3 Å². The van der Waals surface area contributed by atoms with Gasteiger partial charge < -0.3 is 5.11 Å². The summed E-state index contributed by atoms with van der Waals surface area (Å²) in [5.74, 6) is -1.01. The van der Waals surface area contributed by atoms with E-state index in [1.54, 1.807) is 23.9 Å². The van der Waals surface area contributed by atoms with Gasteiger partial charge in [0.25, 0.3) is 0 Å². The van der Waals surface area contributed by atoms with Crippen LogP contribution in [0.4, 0.5) is 0 Å². The smallest absolute Gasteiger partial charge is 0.337 e. The molecule has 0 unspecified atom stereocenters. The van der Waals surface area contributed by atoms with Gasteiger partial charge in [0.1, 0.15) is 0 Å². The summed E-state index contributed by atoms with van der Waals surface area (Å²) in [5, 5.41) is 9.18. The van der Waals surface area contributed by atoms with Gasteiger partial charge in [-0.05, 0) is 41.6 Å². The van der Waals surface area contributed by atoms with E-state index in [0.717, 1.165) is 16.0 Å². The van der Waals surface area contributed by atoms with Crippen molar-refractivity contribution in [2.45, 2.75) is 4.90 Å². The van der Waals surface area contributed by atoms with Crippen molar-refractivity contribution in [3.05, 3.63) is 53.1 Å². The van der Waals surface area contributed by atoms with E-state index in [2.05, 4.69) is 6.07 Å². The first kappa shape index (κ1) is 13.0. The molecule has 2 aromatic carbocycles. The maximum absolute atomic E-state index is 10.9. The summed E-state index contributed by atoms with van der Waals surface area (Å²) >= 11 is 7.62. The molecular weight excluding hydrogens is 268 g/mol. The number of carboxylic acid groups (broad SMARTS) is 1. The summed E-state index contributed by atoms with van der Waals surface area (Å²) in [4.78, 5) is 12.0. The van der Waals surface area contributed by atoms with Crippen LogP contribution in [0.1, 0.15) is 10.4 Å². The maximum Gasteiger partial charge on any atom is 0.337 e. The minimum Gasteiger partial charge on any atom is -0.478 e. The van der Waals surface area contributed by atoms with Crippen molar-refractivity contribution >= 4 is 29.3 Å². The highest BCUT2D eigenvalue weighted by Crippen LogP contribution is 2.28. The van der Waals surface area contributed by atoms with Gasteiger partial charge in [0.2, 0.25) is 0 Å². The van der Waals surface area contributed by atoms with Crippen LogP contribution in [-0.2, 0) is 0 Å². The average Bonchev–Trinajstić information content (AvgIpc) is 2.38. The zero-order chi connectivity index (χ0) is 13.1. The molecule has 2 rings (SSSR count). The van der Waals surface area contributed by atoms with Gasteiger partial charge in [-0.25, -0.2) is 4.79 Å². The van der Waals surface area contributed by atoms with Crippen molar-refractivity contribution in [2.24, 2.45) is 0 Å². The minimum absolute atomic E-state index is 0.126. The predicted octanol–water partition coefficient (Wildman–Crippen LogP) is 4.43. The third-order valence-corrected chi connectivity index (χ3v) is 3.64. The molecule has 18 heavy (non-hydrogen) atoms. The lowest BCUT2D eigenvalue weighted by atomic mass is 10.0. The van der Waals surface area contributed by atoms with Gasteiger partial charge in [-0.2, -0.15) is 0 Å². The van der Waals surface area contributed by atoms with E-state index in [0.29, 0.717) is 0 Å². The molecule has 4 heteroatoms. The van der Waals surface area contributed by atoms with Gasteiger partial charge in [-0.1, -0.05) is 29.8 Å². The standard InChI is InChI=1S/C14H11ClO2S/c1-18-11-4-2-3-9(7-11)10-5-6-12(14(16)17)13(15)8-10/h2-8H,1H3,(H,16,17).